The molecule has 0 amide bonds. The molecule has 22 heavy (non-hydrogen) atoms. The van der Waals surface area contributed by atoms with E-state index in [-0.39, 0.29) is 29.2 Å². The van der Waals surface area contributed by atoms with Gasteiger partial charge in [0.15, 0.2) is 11.9 Å². The molecule has 0 bridgehead atoms. The first-order chi connectivity index (χ1) is 10.3. The maximum atomic E-state index is 11.7. The lowest BCUT2D eigenvalue weighted by atomic mass is 10.2. The molecule has 0 aromatic carbocycles. The number of fused-ring (bicyclic) bond motifs is 1. The van der Waals surface area contributed by atoms with Gasteiger partial charge in [-0.3, -0.25) is 0 Å². The third-order valence-electron chi connectivity index (χ3n) is 3.53. The molecule has 0 aliphatic carbocycles. The predicted molar refractivity (Wildman–Crippen MR) is 78.2 cm³/mol. The third-order valence-corrected chi connectivity index (χ3v) is 4.38. The van der Waals surface area contributed by atoms with Gasteiger partial charge in [-0.1, -0.05) is 0 Å². The van der Waals surface area contributed by atoms with Gasteiger partial charge in [0.05, 0.1) is 13.2 Å². The van der Waals surface area contributed by atoms with Crippen molar-refractivity contribution in [3.8, 4) is 5.88 Å². The third kappa shape index (κ3) is 2.37. The van der Waals surface area contributed by atoms with Crippen molar-refractivity contribution < 1.29 is 17.9 Å². The maximum Gasteiger partial charge on any atom is 0.250 e. The van der Waals surface area contributed by atoms with Crippen LogP contribution in [0.15, 0.2) is 5.16 Å². The van der Waals surface area contributed by atoms with Gasteiger partial charge in [0.2, 0.25) is 15.7 Å². The molecule has 2 atom stereocenters. The molecule has 1 fully saturated rings. The molecule has 1 aliphatic rings. The molecule has 2 N–H and O–H groups in total. The zero-order chi connectivity index (χ0) is 16.1. The Morgan fingerprint density at radius 1 is 1.36 bits per heavy atom. The normalized spacial score (nSPS) is 22.3. The Bertz CT molecular complexity index is 832. The highest BCUT2D eigenvalue weighted by Gasteiger charge is 2.29. The molecular formula is C12H17N5O4S. The minimum Gasteiger partial charge on any atom is -0.479 e. The molecule has 3 heterocycles. The summed E-state index contributed by atoms with van der Waals surface area (Å²) < 4.78 is 35.9. The topological polar surface area (TPSA) is 122 Å². The summed E-state index contributed by atoms with van der Waals surface area (Å²) in [4.78, 5) is 7.95. The van der Waals surface area contributed by atoms with E-state index in [0.717, 1.165) is 19.1 Å². The van der Waals surface area contributed by atoms with E-state index in [9.17, 15) is 8.42 Å². The molecule has 9 nitrogen and oxygen atoms in total. The van der Waals surface area contributed by atoms with Gasteiger partial charge < -0.3 is 15.2 Å². The van der Waals surface area contributed by atoms with E-state index in [1.165, 1.54) is 11.8 Å². The van der Waals surface area contributed by atoms with Gasteiger partial charge in [-0.2, -0.15) is 4.98 Å². The number of nitrogens with zero attached hydrogens (tertiary/aromatic N) is 4. The number of hydrogen-bond donors (Lipinski definition) is 1. The number of sulfone groups is 1. The highest BCUT2D eigenvalue weighted by molar-refractivity contribution is 7.90. The highest BCUT2D eigenvalue weighted by Crippen LogP contribution is 2.35. The van der Waals surface area contributed by atoms with Crippen LogP contribution in [0.4, 0.5) is 5.82 Å². The Morgan fingerprint density at radius 2 is 2.09 bits per heavy atom. The minimum absolute atomic E-state index is 0.0135. The van der Waals surface area contributed by atoms with E-state index < -0.39 is 9.84 Å². The number of anilines is 1. The van der Waals surface area contributed by atoms with Gasteiger partial charge in [-0.05, 0) is 19.8 Å². The van der Waals surface area contributed by atoms with E-state index in [1.54, 1.807) is 0 Å². The van der Waals surface area contributed by atoms with E-state index in [1.807, 2.05) is 6.92 Å². The molecule has 2 unspecified atom stereocenters. The average Bonchev–Trinajstić information content (AvgIpc) is 3.01. The van der Waals surface area contributed by atoms with Crippen molar-refractivity contribution in [2.45, 2.75) is 37.3 Å². The number of methoxy groups -OCH3 is 1. The fraction of sp³-hybridized carbons (Fsp3) is 0.583. The first-order valence-electron chi connectivity index (χ1n) is 6.76. The van der Waals surface area contributed by atoms with Crippen LogP contribution in [0, 0.1) is 0 Å². The van der Waals surface area contributed by atoms with Crippen LogP contribution < -0.4 is 10.5 Å². The van der Waals surface area contributed by atoms with Crippen LogP contribution >= 0.6 is 0 Å². The number of ether oxygens (including phenoxy) is 2. The summed E-state index contributed by atoms with van der Waals surface area (Å²) in [6.45, 7) is 1.97. The first kappa shape index (κ1) is 15.0. The highest BCUT2D eigenvalue weighted by atomic mass is 32.2. The van der Waals surface area contributed by atoms with Gasteiger partial charge in [0.25, 0.3) is 5.16 Å². The second-order valence-corrected chi connectivity index (χ2v) is 7.20. The van der Waals surface area contributed by atoms with Crippen molar-refractivity contribution in [3.05, 3.63) is 0 Å². The van der Waals surface area contributed by atoms with Crippen LogP contribution in [0.5, 0.6) is 5.88 Å². The Labute approximate surface area is 127 Å². The molecule has 3 rings (SSSR count). The van der Waals surface area contributed by atoms with Crippen molar-refractivity contribution >= 4 is 26.7 Å². The molecule has 1 aliphatic heterocycles. The van der Waals surface area contributed by atoms with Crippen molar-refractivity contribution in [1.82, 2.24) is 19.7 Å². The fourth-order valence-corrected chi connectivity index (χ4v) is 3.00. The number of hydrogen-bond acceptors (Lipinski definition) is 8. The van der Waals surface area contributed by atoms with Gasteiger partial charge in [-0.25, -0.2) is 18.1 Å². The van der Waals surface area contributed by atoms with E-state index >= 15 is 0 Å². The van der Waals surface area contributed by atoms with Gasteiger partial charge in [-0.15, -0.1) is 5.10 Å². The van der Waals surface area contributed by atoms with Crippen molar-refractivity contribution in [3.63, 3.8) is 0 Å². The summed E-state index contributed by atoms with van der Waals surface area (Å²) in [5.74, 6) is 0.260. The lowest BCUT2D eigenvalue weighted by Crippen LogP contribution is -2.13. The van der Waals surface area contributed by atoms with Crippen LogP contribution in [-0.2, 0) is 14.6 Å². The molecule has 2 aromatic heterocycles. The molecular weight excluding hydrogens is 310 g/mol. The number of rotatable bonds is 3. The lowest BCUT2D eigenvalue weighted by molar-refractivity contribution is 0.00511. The number of aromatic nitrogens is 4. The Hall–Kier alpha value is -1.94. The first-order valence-corrected chi connectivity index (χ1v) is 8.65. The number of nitrogens with two attached hydrogens (primary N) is 1. The summed E-state index contributed by atoms with van der Waals surface area (Å²) in [7, 11) is -2.14. The molecule has 10 heteroatoms. The minimum atomic E-state index is -3.59. The predicted octanol–water partition coefficient (Wildman–Crippen LogP) is 0.518. The maximum absolute atomic E-state index is 11.7. The number of nitrogen functional groups attached to an aromatic ring is 1. The molecule has 0 saturated carbocycles. The zero-order valence-corrected chi connectivity index (χ0v) is 13.3. The average molecular weight is 327 g/mol. The van der Waals surface area contributed by atoms with Crippen LogP contribution in [0.1, 0.15) is 26.0 Å². The molecule has 0 radical (unpaired) electrons. The monoisotopic (exact) mass is 327 g/mol. The van der Waals surface area contributed by atoms with Crippen LogP contribution in [0.25, 0.3) is 11.0 Å². The Morgan fingerprint density at radius 3 is 2.64 bits per heavy atom. The molecule has 0 spiro atoms. The fourth-order valence-electron chi connectivity index (χ4n) is 2.48. The second-order valence-electron chi connectivity index (χ2n) is 5.29. The van der Waals surface area contributed by atoms with E-state index in [2.05, 4.69) is 15.1 Å². The van der Waals surface area contributed by atoms with Crippen molar-refractivity contribution in [2.75, 3.05) is 19.1 Å². The summed E-state index contributed by atoms with van der Waals surface area (Å²) in [6, 6.07) is 0. The standard InChI is InChI=1S/C12H17N5O4S/c1-6-4-5-7(21-6)17-10-8(11(16-17)20-2)9(13)14-12(15-10)22(3,18)19/h6-7H,4-5H2,1-3H3,(H2,13,14,15). The largest absolute Gasteiger partial charge is 0.479 e. The summed E-state index contributed by atoms with van der Waals surface area (Å²) in [5, 5.41) is 4.35. The van der Waals surface area contributed by atoms with Crippen molar-refractivity contribution in [1.29, 1.82) is 0 Å². The smallest absolute Gasteiger partial charge is 0.250 e. The lowest BCUT2D eigenvalue weighted by Gasteiger charge is -2.12. The molecule has 2 aromatic rings. The van der Waals surface area contributed by atoms with Crippen molar-refractivity contribution in [2.24, 2.45) is 0 Å². The second kappa shape index (κ2) is 5.06. The zero-order valence-electron chi connectivity index (χ0n) is 12.5. The van der Waals surface area contributed by atoms with Crippen LogP contribution in [0.2, 0.25) is 0 Å². The van der Waals surface area contributed by atoms with Gasteiger partial charge >= 0.3 is 0 Å². The molecule has 1 saturated heterocycles. The quantitative estimate of drug-likeness (QED) is 0.809. The summed E-state index contributed by atoms with van der Waals surface area (Å²) in [6.07, 6.45) is 2.43. The summed E-state index contributed by atoms with van der Waals surface area (Å²) >= 11 is 0. The SMILES string of the molecule is COc1nn(C2CCC(C)O2)c2nc(S(C)(=O)=O)nc(N)c12. The van der Waals surface area contributed by atoms with Gasteiger partial charge in [0.1, 0.15) is 11.2 Å². The van der Waals surface area contributed by atoms with Crippen LogP contribution in [0.3, 0.4) is 0 Å². The van der Waals surface area contributed by atoms with E-state index in [4.69, 9.17) is 15.2 Å². The summed E-state index contributed by atoms with van der Waals surface area (Å²) in [5.41, 5.74) is 6.17. The van der Waals surface area contributed by atoms with Gasteiger partial charge in [0, 0.05) is 6.26 Å². The molecule has 120 valence electrons. The Kier molecular flexibility index (Phi) is 3.44. The van der Waals surface area contributed by atoms with E-state index in [0.29, 0.717) is 11.0 Å². The van der Waals surface area contributed by atoms with Crippen LogP contribution in [-0.4, -0.2) is 47.6 Å². The Balaban J connectivity index is 2.26.